The maximum atomic E-state index is 13.6. The van der Waals surface area contributed by atoms with E-state index >= 15 is 0 Å². The van der Waals surface area contributed by atoms with Crippen LogP contribution in [0.2, 0.25) is 0 Å². The summed E-state index contributed by atoms with van der Waals surface area (Å²) in [4.78, 5) is 37.6. The van der Waals surface area contributed by atoms with Crippen molar-refractivity contribution in [1.29, 1.82) is 0 Å². The predicted molar refractivity (Wildman–Crippen MR) is 134 cm³/mol. The Kier molecular flexibility index (Phi) is 5.47. The summed E-state index contributed by atoms with van der Waals surface area (Å²) in [5, 5.41) is 3.27. The van der Waals surface area contributed by atoms with Crippen molar-refractivity contribution in [3.8, 4) is 11.1 Å². The first-order chi connectivity index (χ1) is 18.1. The Labute approximate surface area is 214 Å². The minimum Gasteiger partial charge on any atom is -0.356 e. The van der Waals surface area contributed by atoms with Gasteiger partial charge in [0, 0.05) is 76.2 Å². The lowest BCUT2D eigenvalue weighted by atomic mass is 10.1. The van der Waals surface area contributed by atoms with Gasteiger partial charge in [-0.1, -0.05) is 6.07 Å². The number of hydrogen-bond acceptors (Lipinski definition) is 5. The summed E-state index contributed by atoms with van der Waals surface area (Å²) in [6.07, 6.45) is 1.35. The largest absolute Gasteiger partial charge is 0.418 e. The molecule has 10 nitrogen and oxygen atoms in total. The van der Waals surface area contributed by atoms with Crippen LogP contribution >= 0.6 is 0 Å². The number of nitrogens with zero attached hydrogens (tertiary/aromatic N) is 7. The van der Waals surface area contributed by atoms with Gasteiger partial charge < -0.3 is 19.7 Å². The van der Waals surface area contributed by atoms with Crippen molar-refractivity contribution in [3.05, 3.63) is 64.5 Å². The Morgan fingerprint density at radius 1 is 1.05 bits per heavy atom. The monoisotopic (exact) mass is 526 g/mol. The van der Waals surface area contributed by atoms with Crippen LogP contribution in [0.1, 0.15) is 11.1 Å². The van der Waals surface area contributed by atoms with Gasteiger partial charge >= 0.3 is 12.2 Å². The number of fused-ring (bicyclic) bond motifs is 2. The molecule has 6 rings (SSSR count). The third-order valence-corrected chi connectivity index (χ3v) is 7.31. The Morgan fingerprint density at radius 3 is 2.55 bits per heavy atom. The maximum Gasteiger partial charge on any atom is 0.418 e. The molecule has 1 N–H and O–H groups in total. The topological polar surface area (TPSA) is 93.2 Å². The summed E-state index contributed by atoms with van der Waals surface area (Å²) < 4.78 is 45.0. The molecule has 3 aromatic heterocycles. The van der Waals surface area contributed by atoms with E-state index in [1.54, 1.807) is 42.3 Å². The number of anilines is 1. The number of carbonyl (C=O) groups excluding carboxylic acids is 1. The average Bonchev–Trinajstić information content (AvgIpc) is 3.54. The molecule has 0 spiro atoms. The molecule has 0 bridgehead atoms. The van der Waals surface area contributed by atoms with Crippen molar-refractivity contribution >= 4 is 22.9 Å². The van der Waals surface area contributed by atoms with Gasteiger partial charge in [0.15, 0.2) is 0 Å². The number of urea groups is 1. The number of rotatable bonds is 4. The van der Waals surface area contributed by atoms with E-state index in [1.165, 1.54) is 22.5 Å². The van der Waals surface area contributed by atoms with Crippen molar-refractivity contribution in [2.24, 2.45) is 14.1 Å². The molecule has 2 fully saturated rings. The summed E-state index contributed by atoms with van der Waals surface area (Å²) >= 11 is 0. The van der Waals surface area contributed by atoms with Crippen LogP contribution in [0, 0.1) is 0 Å². The van der Waals surface area contributed by atoms with Crippen LogP contribution in [0.3, 0.4) is 0 Å². The fourth-order valence-electron chi connectivity index (χ4n) is 5.34. The number of piperazine rings is 1. The highest BCUT2D eigenvalue weighted by Gasteiger charge is 2.36. The molecule has 0 saturated carbocycles. The minimum absolute atomic E-state index is 0.0393. The minimum atomic E-state index is -4.50. The highest BCUT2D eigenvalue weighted by atomic mass is 19.4. The Balaban J connectivity index is 1.31. The fraction of sp³-hybridized carbons (Fsp3) is 0.360. The van der Waals surface area contributed by atoms with E-state index in [0.29, 0.717) is 48.6 Å². The summed E-state index contributed by atoms with van der Waals surface area (Å²) in [7, 11) is 3.08. The Hall–Kier alpha value is -4.29. The van der Waals surface area contributed by atoms with E-state index in [-0.39, 0.29) is 29.7 Å². The normalized spacial score (nSPS) is 17.8. The zero-order valence-corrected chi connectivity index (χ0v) is 20.7. The van der Waals surface area contributed by atoms with Crippen molar-refractivity contribution in [2.45, 2.75) is 18.8 Å². The van der Waals surface area contributed by atoms with Crippen molar-refractivity contribution in [2.75, 3.05) is 31.1 Å². The molecule has 1 atom stereocenters. The van der Waals surface area contributed by atoms with Gasteiger partial charge in [-0.2, -0.15) is 13.2 Å². The van der Waals surface area contributed by atoms with Crippen LogP contribution in [0.15, 0.2) is 47.8 Å². The van der Waals surface area contributed by atoms with Crippen LogP contribution in [0.4, 0.5) is 23.9 Å². The molecule has 4 aromatic rings. The van der Waals surface area contributed by atoms with Gasteiger partial charge in [0.25, 0.3) is 5.56 Å². The first kappa shape index (κ1) is 24.1. The fourth-order valence-corrected chi connectivity index (χ4v) is 5.34. The van der Waals surface area contributed by atoms with Crippen LogP contribution in [-0.2, 0) is 26.8 Å². The molecule has 0 aliphatic carbocycles. The average molecular weight is 527 g/mol. The first-order valence-corrected chi connectivity index (χ1v) is 12.1. The van der Waals surface area contributed by atoms with Gasteiger partial charge in [-0.3, -0.25) is 14.2 Å². The lowest BCUT2D eigenvalue weighted by Gasteiger charge is -2.36. The predicted octanol–water partition coefficient (Wildman–Crippen LogP) is 2.42. The van der Waals surface area contributed by atoms with E-state index in [4.69, 9.17) is 0 Å². The van der Waals surface area contributed by atoms with Crippen molar-refractivity contribution < 1.29 is 18.0 Å². The summed E-state index contributed by atoms with van der Waals surface area (Å²) in [6.45, 7) is 2.35. The van der Waals surface area contributed by atoms with Gasteiger partial charge in [0.1, 0.15) is 0 Å². The molecular weight excluding hydrogens is 501 g/mol. The van der Waals surface area contributed by atoms with Gasteiger partial charge in [-0.05, 0) is 17.7 Å². The zero-order valence-electron chi connectivity index (χ0n) is 20.7. The number of carbonyl (C=O) groups is 1. The molecule has 1 aromatic carbocycles. The van der Waals surface area contributed by atoms with Gasteiger partial charge in [0.2, 0.25) is 5.95 Å². The summed E-state index contributed by atoms with van der Waals surface area (Å²) in [6, 6.07) is 5.28. The number of benzene rings is 1. The van der Waals surface area contributed by atoms with Crippen LogP contribution in [0.5, 0.6) is 0 Å². The van der Waals surface area contributed by atoms with E-state index < -0.39 is 11.7 Å². The number of halogens is 3. The number of aryl methyl sites for hydroxylation is 1. The number of hydrogen-bond donors (Lipinski definition) is 1. The highest BCUT2D eigenvalue weighted by molar-refractivity contribution is 5.84. The highest BCUT2D eigenvalue weighted by Crippen LogP contribution is 2.33. The van der Waals surface area contributed by atoms with E-state index in [0.717, 1.165) is 11.8 Å². The molecule has 5 heterocycles. The molecule has 0 radical (unpaired) electrons. The molecule has 198 valence electrons. The number of nitrogens with one attached hydrogen (secondary N) is 1. The second-order valence-electron chi connectivity index (χ2n) is 9.73. The molecule has 38 heavy (non-hydrogen) atoms. The van der Waals surface area contributed by atoms with Gasteiger partial charge in [-0.15, -0.1) is 0 Å². The van der Waals surface area contributed by atoms with Crippen LogP contribution in [0.25, 0.3) is 22.0 Å². The molecule has 13 heteroatoms. The molecule has 2 aliphatic heterocycles. The molecule has 2 saturated heterocycles. The molecular formula is C25H25F3N8O2. The molecule has 2 aliphatic rings. The van der Waals surface area contributed by atoms with E-state index in [9.17, 15) is 22.8 Å². The smallest absolute Gasteiger partial charge is 0.356 e. The first-order valence-electron chi connectivity index (χ1n) is 12.1. The quantitative estimate of drug-likeness (QED) is 0.441. The van der Waals surface area contributed by atoms with Crippen LogP contribution < -0.4 is 15.8 Å². The number of aromatic nitrogens is 5. The van der Waals surface area contributed by atoms with E-state index in [1.807, 2.05) is 9.80 Å². The lowest BCUT2D eigenvalue weighted by molar-refractivity contribution is -0.138. The van der Waals surface area contributed by atoms with Crippen molar-refractivity contribution in [3.63, 3.8) is 0 Å². The SMILES string of the molecule is Cn1cc(Cn2c3cc(-c4cnc(N5CCN6C(=O)NCC6C5)nc4)ccc3c(=O)n2C)c(C(F)(F)F)c1. The second kappa shape index (κ2) is 8.64. The number of amides is 2. The van der Waals surface area contributed by atoms with Crippen LogP contribution in [-0.4, -0.2) is 67.1 Å². The summed E-state index contributed by atoms with van der Waals surface area (Å²) in [5.41, 5.74) is 1.03. The third kappa shape index (κ3) is 3.98. The Morgan fingerprint density at radius 2 is 1.82 bits per heavy atom. The maximum absolute atomic E-state index is 13.6. The molecule has 2 amide bonds. The lowest BCUT2D eigenvalue weighted by Crippen LogP contribution is -2.52. The summed E-state index contributed by atoms with van der Waals surface area (Å²) in [5.74, 6) is 0.564. The van der Waals surface area contributed by atoms with Gasteiger partial charge in [-0.25, -0.2) is 14.8 Å². The molecule has 1 unspecified atom stereocenters. The zero-order chi connectivity index (χ0) is 26.8. The third-order valence-electron chi connectivity index (χ3n) is 7.31. The van der Waals surface area contributed by atoms with Crippen molar-refractivity contribution in [1.82, 2.24) is 34.1 Å². The standard InChI is InChI=1S/C25H25F3N8O2/c1-32-11-17(20(14-32)25(26,27)28)12-36-21-7-15(3-4-19(21)22(37)33(36)2)16-8-29-23(30-9-16)34-5-6-35-18(13-34)10-31-24(35)38/h3-4,7-9,11,14,18H,5-6,10,12-13H2,1-2H3,(H,31,38). The number of alkyl halides is 3. The second-order valence-corrected chi connectivity index (χ2v) is 9.73. The van der Waals surface area contributed by atoms with E-state index in [2.05, 4.69) is 15.3 Å². The Bertz CT molecular complexity index is 1600. The van der Waals surface area contributed by atoms with Gasteiger partial charge in [0.05, 0.1) is 29.1 Å².